The Balaban J connectivity index is 2.10. The lowest BCUT2D eigenvalue weighted by atomic mass is 10.1. The maximum Gasteiger partial charge on any atom is 0.229 e. The highest BCUT2D eigenvalue weighted by molar-refractivity contribution is 9.10. The molecule has 0 aliphatic rings. The van der Waals surface area contributed by atoms with Crippen LogP contribution < -0.4 is 0 Å². The molecule has 0 radical (unpaired) electrons. The Kier molecular flexibility index (Phi) is 3.20. The third-order valence-electron chi connectivity index (χ3n) is 3.73. The summed E-state index contributed by atoms with van der Waals surface area (Å²) >= 11 is 3.45. The topological polar surface area (TPSA) is 60.7 Å². The van der Waals surface area contributed by atoms with Gasteiger partial charge in [0.1, 0.15) is 5.65 Å². The van der Waals surface area contributed by atoms with E-state index in [9.17, 15) is 4.79 Å². The molecule has 4 heterocycles. The molecule has 4 aromatic heterocycles. The first-order valence-electron chi connectivity index (χ1n) is 7.02. The molecule has 0 aliphatic carbocycles. The van der Waals surface area contributed by atoms with Crippen molar-refractivity contribution in [1.82, 2.24) is 19.5 Å². The largest absolute Gasteiger partial charge is 0.274 e. The van der Waals surface area contributed by atoms with Gasteiger partial charge in [-0.2, -0.15) is 0 Å². The van der Waals surface area contributed by atoms with Gasteiger partial charge in [-0.15, -0.1) is 0 Å². The number of carbonyl (C=O) groups is 1. The quantitative estimate of drug-likeness (QED) is 0.509. The Bertz CT molecular complexity index is 1060. The molecule has 4 aromatic rings. The Morgan fingerprint density at radius 1 is 1.13 bits per heavy atom. The maximum atomic E-state index is 12.0. The van der Waals surface area contributed by atoms with E-state index in [-0.39, 0.29) is 5.91 Å². The summed E-state index contributed by atoms with van der Waals surface area (Å²) in [5.74, 6) is -0.0873. The smallest absolute Gasteiger partial charge is 0.229 e. The third-order valence-corrected chi connectivity index (χ3v) is 4.16. The van der Waals surface area contributed by atoms with Gasteiger partial charge in [-0.25, -0.2) is 4.98 Å². The summed E-state index contributed by atoms with van der Waals surface area (Å²) in [4.78, 5) is 25.1. The molecule has 0 bridgehead atoms. The van der Waals surface area contributed by atoms with Gasteiger partial charge in [-0.3, -0.25) is 19.3 Å². The average Bonchev–Trinajstić information content (AvgIpc) is 2.89. The van der Waals surface area contributed by atoms with Crippen LogP contribution in [0.1, 0.15) is 11.7 Å². The second-order valence-electron chi connectivity index (χ2n) is 5.21. The van der Waals surface area contributed by atoms with Crippen molar-refractivity contribution in [2.45, 2.75) is 6.92 Å². The molecule has 6 heteroatoms. The summed E-state index contributed by atoms with van der Waals surface area (Å²) in [6.07, 6.45) is 6.90. The molecule has 0 N–H and O–H groups in total. The van der Waals surface area contributed by atoms with Crippen LogP contribution in [0, 0.1) is 0 Å². The fraction of sp³-hybridized carbons (Fsp3) is 0.0588. The van der Waals surface area contributed by atoms with Crippen molar-refractivity contribution in [2.24, 2.45) is 0 Å². The molecule has 0 fully saturated rings. The maximum absolute atomic E-state index is 12.0. The molecule has 0 saturated carbocycles. The average molecular weight is 367 g/mol. The Hall–Kier alpha value is -2.60. The SMILES string of the molecule is CC(=O)n1c2cnc(-c3cccnc3)cc2c2cc(Br)cnc21. The number of hydrogen-bond donors (Lipinski definition) is 0. The van der Waals surface area contributed by atoms with Gasteiger partial charge in [0.2, 0.25) is 5.91 Å². The monoisotopic (exact) mass is 366 g/mol. The Labute approximate surface area is 140 Å². The number of aromatic nitrogens is 4. The van der Waals surface area contributed by atoms with Crippen LogP contribution in [0.2, 0.25) is 0 Å². The van der Waals surface area contributed by atoms with Crippen molar-refractivity contribution >= 4 is 43.8 Å². The van der Waals surface area contributed by atoms with Gasteiger partial charge >= 0.3 is 0 Å². The van der Waals surface area contributed by atoms with E-state index in [1.54, 1.807) is 29.4 Å². The molecule has 0 unspecified atom stereocenters. The fourth-order valence-electron chi connectivity index (χ4n) is 2.76. The molecule has 0 amide bonds. The molecule has 0 saturated heterocycles. The summed E-state index contributed by atoms with van der Waals surface area (Å²) in [5, 5.41) is 1.86. The van der Waals surface area contributed by atoms with Crippen LogP contribution in [0.25, 0.3) is 33.2 Å². The predicted octanol–water partition coefficient (Wildman–Crippen LogP) is 4.07. The molecule has 0 spiro atoms. The van der Waals surface area contributed by atoms with Crippen molar-refractivity contribution in [2.75, 3.05) is 0 Å². The Morgan fingerprint density at radius 2 is 2.00 bits per heavy atom. The van der Waals surface area contributed by atoms with Crippen molar-refractivity contribution in [3.8, 4) is 11.3 Å². The summed E-state index contributed by atoms with van der Waals surface area (Å²) < 4.78 is 2.46. The lowest BCUT2D eigenvalue weighted by molar-refractivity contribution is 0.0945. The van der Waals surface area contributed by atoms with Gasteiger partial charge in [-0.05, 0) is 40.2 Å². The molecule has 112 valence electrons. The predicted molar refractivity (Wildman–Crippen MR) is 92.3 cm³/mol. The van der Waals surface area contributed by atoms with Gasteiger partial charge in [0.15, 0.2) is 0 Å². The summed E-state index contributed by atoms with van der Waals surface area (Å²) in [5.41, 5.74) is 3.14. The van der Waals surface area contributed by atoms with Crippen LogP contribution in [0.4, 0.5) is 0 Å². The fourth-order valence-corrected chi connectivity index (χ4v) is 3.09. The highest BCUT2D eigenvalue weighted by atomic mass is 79.9. The number of pyridine rings is 3. The highest BCUT2D eigenvalue weighted by Gasteiger charge is 2.16. The molecule has 0 atom stereocenters. The van der Waals surface area contributed by atoms with Crippen LogP contribution in [0.15, 0.2) is 53.5 Å². The first kappa shape index (κ1) is 14.0. The molecular weight excluding hydrogens is 356 g/mol. The number of halogens is 1. The second kappa shape index (κ2) is 5.24. The van der Waals surface area contributed by atoms with Crippen LogP contribution in [-0.2, 0) is 0 Å². The van der Waals surface area contributed by atoms with Gasteiger partial charge in [0.25, 0.3) is 0 Å². The lowest BCUT2D eigenvalue weighted by Crippen LogP contribution is -2.05. The number of carbonyl (C=O) groups excluding carboxylic acids is 1. The van der Waals surface area contributed by atoms with E-state index in [1.165, 1.54) is 6.92 Å². The van der Waals surface area contributed by atoms with Crippen LogP contribution in [0.5, 0.6) is 0 Å². The van der Waals surface area contributed by atoms with Gasteiger partial charge in [0.05, 0.1) is 17.4 Å². The minimum Gasteiger partial charge on any atom is -0.274 e. The molecule has 0 aliphatic heterocycles. The van der Waals surface area contributed by atoms with E-state index in [1.807, 2.05) is 24.3 Å². The summed E-state index contributed by atoms with van der Waals surface area (Å²) in [7, 11) is 0. The number of rotatable bonds is 1. The van der Waals surface area contributed by atoms with E-state index in [2.05, 4.69) is 30.9 Å². The standard InChI is InChI=1S/C17H11BrN4O/c1-10(23)22-16-9-20-15(11-3-2-4-19-7-11)6-13(16)14-5-12(18)8-21-17(14)22/h2-9H,1H3. The van der Waals surface area contributed by atoms with E-state index in [0.29, 0.717) is 5.65 Å². The summed E-state index contributed by atoms with van der Waals surface area (Å²) in [6, 6.07) is 7.77. The minimum atomic E-state index is -0.0873. The molecule has 4 rings (SSSR count). The zero-order valence-corrected chi connectivity index (χ0v) is 13.8. The molecule has 0 aromatic carbocycles. The van der Waals surface area contributed by atoms with E-state index in [0.717, 1.165) is 32.0 Å². The van der Waals surface area contributed by atoms with Gasteiger partial charge in [0, 0.05) is 46.3 Å². The normalized spacial score (nSPS) is 11.2. The zero-order valence-electron chi connectivity index (χ0n) is 12.2. The molecular formula is C17H11BrN4O. The van der Waals surface area contributed by atoms with Gasteiger partial charge in [-0.1, -0.05) is 0 Å². The first-order chi connectivity index (χ1) is 11.1. The number of nitrogens with zero attached hydrogens (tertiary/aromatic N) is 4. The summed E-state index contributed by atoms with van der Waals surface area (Å²) in [6.45, 7) is 1.53. The van der Waals surface area contributed by atoms with Crippen molar-refractivity contribution in [3.05, 3.63) is 53.5 Å². The van der Waals surface area contributed by atoms with E-state index >= 15 is 0 Å². The van der Waals surface area contributed by atoms with E-state index in [4.69, 9.17) is 0 Å². The molecule has 5 nitrogen and oxygen atoms in total. The van der Waals surface area contributed by atoms with Crippen molar-refractivity contribution < 1.29 is 4.79 Å². The minimum absolute atomic E-state index is 0.0873. The van der Waals surface area contributed by atoms with Crippen LogP contribution in [-0.4, -0.2) is 25.4 Å². The number of hydrogen-bond acceptors (Lipinski definition) is 4. The Morgan fingerprint density at radius 3 is 2.74 bits per heavy atom. The van der Waals surface area contributed by atoms with Crippen LogP contribution >= 0.6 is 15.9 Å². The number of fused-ring (bicyclic) bond motifs is 3. The van der Waals surface area contributed by atoms with Gasteiger partial charge < -0.3 is 0 Å². The highest BCUT2D eigenvalue weighted by Crippen LogP contribution is 2.31. The first-order valence-corrected chi connectivity index (χ1v) is 7.81. The zero-order chi connectivity index (χ0) is 16.0. The van der Waals surface area contributed by atoms with E-state index < -0.39 is 0 Å². The van der Waals surface area contributed by atoms with Crippen molar-refractivity contribution in [1.29, 1.82) is 0 Å². The third kappa shape index (κ3) is 2.22. The van der Waals surface area contributed by atoms with Crippen LogP contribution in [0.3, 0.4) is 0 Å². The molecule has 23 heavy (non-hydrogen) atoms. The second-order valence-corrected chi connectivity index (χ2v) is 6.12. The lowest BCUT2D eigenvalue weighted by Gasteiger charge is -2.02. The van der Waals surface area contributed by atoms with Crippen molar-refractivity contribution in [3.63, 3.8) is 0 Å².